The van der Waals surface area contributed by atoms with Gasteiger partial charge in [-0.15, -0.1) is 0 Å². The molecule has 0 radical (unpaired) electrons. The van der Waals surface area contributed by atoms with Crippen LogP contribution in [0.1, 0.15) is 63.4 Å². The van der Waals surface area contributed by atoms with Crippen LogP contribution in [0.4, 0.5) is 0 Å². The summed E-state index contributed by atoms with van der Waals surface area (Å²) in [7, 11) is 1.89. The van der Waals surface area contributed by atoms with Crippen LogP contribution in [0.5, 0.6) is 0 Å². The molecule has 136 valence electrons. The quantitative estimate of drug-likeness (QED) is 0.889. The Labute approximate surface area is 145 Å². The first-order valence-electron chi connectivity index (χ1n) is 9.00. The minimum absolute atomic E-state index is 0.0411. The molecule has 1 aromatic heterocycles. The molecule has 1 amide bonds. The minimum Gasteiger partial charge on any atom is -0.388 e. The summed E-state index contributed by atoms with van der Waals surface area (Å²) in [6, 6.07) is 0. The smallest absolute Gasteiger partial charge is 0.224 e. The third kappa shape index (κ3) is 4.38. The van der Waals surface area contributed by atoms with Crippen molar-refractivity contribution in [2.24, 2.45) is 18.4 Å². The lowest BCUT2D eigenvalue weighted by Gasteiger charge is -2.41. The predicted octanol–water partition coefficient (Wildman–Crippen LogP) is 2.66. The maximum atomic E-state index is 12.3. The molecule has 0 spiro atoms. The highest BCUT2D eigenvalue weighted by Gasteiger charge is 2.37. The third-order valence-corrected chi connectivity index (χ3v) is 5.75. The molecule has 0 bridgehead atoms. The molecule has 0 saturated heterocycles. The van der Waals surface area contributed by atoms with E-state index >= 15 is 0 Å². The average Bonchev–Trinajstić information content (AvgIpc) is 2.71. The number of hydrogen-bond acceptors (Lipinski definition) is 3. The summed E-state index contributed by atoms with van der Waals surface area (Å²) in [6.45, 7) is 11.1. The normalized spacial score (nSPS) is 24.9. The van der Waals surface area contributed by atoms with Crippen molar-refractivity contribution in [2.75, 3.05) is 6.54 Å². The van der Waals surface area contributed by atoms with Crippen molar-refractivity contribution in [3.63, 3.8) is 0 Å². The molecule has 0 aromatic carbocycles. The Morgan fingerprint density at radius 2 is 1.92 bits per heavy atom. The van der Waals surface area contributed by atoms with Gasteiger partial charge in [-0.25, -0.2) is 0 Å². The van der Waals surface area contributed by atoms with Gasteiger partial charge in [0, 0.05) is 24.8 Å². The highest BCUT2D eigenvalue weighted by atomic mass is 16.3. The summed E-state index contributed by atoms with van der Waals surface area (Å²) >= 11 is 0. The first kappa shape index (κ1) is 19.0. The molecule has 24 heavy (non-hydrogen) atoms. The molecule has 5 heteroatoms. The second-order valence-electron chi connectivity index (χ2n) is 8.59. The number of aryl methyl sites for hydroxylation is 2. The zero-order valence-corrected chi connectivity index (χ0v) is 16.1. The van der Waals surface area contributed by atoms with E-state index in [2.05, 4.69) is 31.2 Å². The van der Waals surface area contributed by atoms with Crippen molar-refractivity contribution >= 4 is 5.91 Å². The number of amides is 1. The third-order valence-electron chi connectivity index (χ3n) is 5.75. The van der Waals surface area contributed by atoms with Crippen molar-refractivity contribution in [3.8, 4) is 0 Å². The van der Waals surface area contributed by atoms with Gasteiger partial charge in [0.05, 0.1) is 17.7 Å². The zero-order chi connectivity index (χ0) is 18.1. The minimum atomic E-state index is -0.754. The van der Waals surface area contributed by atoms with Crippen LogP contribution in [0.25, 0.3) is 0 Å². The molecule has 0 unspecified atom stereocenters. The molecule has 2 rings (SSSR count). The van der Waals surface area contributed by atoms with Gasteiger partial charge in [-0.05, 0) is 50.9 Å². The summed E-state index contributed by atoms with van der Waals surface area (Å²) < 4.78 is 1.80. The van der Waals surface area contributed by atoms with Crippen LogP contribution >= 0.6 is 0 Å². The van der Waals surface area contributed by atoms with Crippen molar-refractivity contribution < 1.29 is 9.90 Å². The molecule has 2 N–H and O–H groups in total. The fourth-order valence-corrected chi connectivity index (χ4v) is 3.76. The molecular weight excluding hydrogens is 302 g/mol. The van der Waals surface area contributed by atoms with Gasteiger partial charge in [0.15, 0.2) is 0 Å². The zero-order valence-electron chi connectivity index (χ0n) is 16.1. The van der Waals surface area contributed by atoms with Crippen molar-refractivity contribution in [1.29, 1.82) is 0 Å². The van der Waals surface area contributed by atoms with Gasteiger partial charge < -0.3 is 10.4 Å². The number of nitrogens with one attached hydrogen (secondary N) is 1. The van der Waals surface area contributed by atoms with Crippen molar-refractivity contribution in [3.05, 3.63) is 17.0 Å². The van der Waals surface area contributed by atoms with Crippen LogP contribution in [0, 0.1) is 25.2 Å². The Morgan fingerprint density at radius 3 is 2.38 bits per heavy atom. The fraction of sp³-hybridized carbons (Fsp3) is 0.789. The Morgan fingerprint density at radius 1 is 1.33 bits per heavy atom. The van der Waals surface area contributed by atoms with Crippen LogP contribution in [-0.2, 0) is 18.3 Å². The fourth-order valence-electron chi connectivity index (χ4n) is 3.76. The van der Waals surface area contributed by atoms with Gasteiger partial charge in [-0.3, -0.25) is 9.48 Å². The first-order valence-corrected chi connectivity index (χ1v) is 9.00. The van der Waals surface area contributed by atoms with Crippen LogP contribution in [-0.4, -0.2) is 32.9 Å². The lowest BCUT2D eigenvalue weighted by atomic mass is 9.68. The van der Waals surface area contributed by atoms with E-state index in [1.807, 2.05) is 20.9 Å². The Balaban J connectivity index is 1.86. The number of carbonyl (C=O) groups is 1. The monoisotopic (exact) mass is 335 g/mol. The van der Waals surface area contributed by atoms with Gasteiger partial charge in [0.2, 0.25) is 5.91 Å². The van der Waals surface area contributed by atoms with E-state index in [4.69, 9.17) is 0 Å². The molecular formula is C19H33N3O2. The van der Waals surface area contributed by atoms with E-state index in [0.29, 0.717) is 24.3 Å². The number of nitrogens with zero attached hydrogens (tertiary/aromatic N) is 2. The van der Waals surface area contributed by atoms with Crippen LogP contribution in [0.2, 0.25) is 0 Å². The van der Waals surface area contributed by atoms with E-state index < -0.39 is 5.60 Å². The topological polar surface area (TPSA) is 67.2 Å². The lowest BCUT2D eigenvalue weighted by molar-refractivity contribution is -0.122. The average molecular weight is 335 g/mol. The van der Waals surface area contributed by atoms with Crippen molar-refractivity contribution in [1.82, 2.24) is 15.1 Å². The molecule has 1 heterocycles. The number of hydrogen-bond donors (Lipinski definition) is 2. The maximum Gasteiger partial charge on any atom is 0.224 e. The van der Waals surface area contributed by atoms with Gasteiger partial charge in [-0.1, -0.05) is 20.8 Å². The Bertz CT molecular complexity index is 590. The number of rotatable bonds is 4. The number of aliphatic hydroxyl groups is 1. The Hall–Kier alpha value is -1.36. The molecule has 1 aromatic rings. The lowest BCUT2D eigenvalue weighted by Crippen LogP contribution is -2.46. The number of carbonyl (C=O) groups excluding carboxylic acids is 1. The summed E-state index contributed by atoms with van der Waals surface area (Å²) in [5, 5.41) is 18.0. The highest BCUT2D eigenvalue weighted by molar-refractivity contribution is 5.79. The summed E-state index contributed by atoms with van der Waals surface area (Å²) in [4.78, 5) is 12.3. The molecule has 5 nitrogen and oxygen atoms in total. The van der Waals surface area contributed by atoms with Crippen LogP contribution in [0.3, 0.4) is 0 Å². The van der Waals surface area contributed by atoms with Gasteiger partial charge >= 0.3 is 0 Å². The van der Waals surface area contributed by atoms with Crippen molar-refractivity contribution in [2.45, 2.75) is 72.3 Å². The van der Waals surface area contributed by atoms with E-state index in [1.165, 1.54) is 0 Å². The standard InChI is InChI=1S/C19H33N3O2/c1-13-16(14(2)22(6)21-13)11-17(23)20-12-19(24)9-7-15(8-10-19)18(3,4)5/h15,24H,7-12H2,1-6H3,(H,20,23). The second kappa shape index (κ2) is 6.87. The van der Waals surface area contributed by atoms with E-state index in [1.54, 1.807) is 4.68 Å². The Kier molecular flexibility index (Phi) is 5.43. The maximum absolute atomic E-state index is 12.3. The second-order valence-corrected chi connectivity index (χ2v) is 8.59. The molecule has 1 fully saturated rings. The van der Waals surface area contributed by atoms with Crippen LogP contribution in [0.15, 0.2) is 0 Å². The first-order chi connectivity index (χ1) is 11.0. The molecule has 0 aliphatic heterocycles. The van der Waals surface area contributed by atoms with Gasteiger partial charge in [0.1, 0.15) is 0 Å². The van der Waals surface area contributed by atoms with E-state index in [0.717, 1.165) is 42.6 Å². The van der Waals surface area contributed by atoms with Gasteiger partial charge in [-0.2, -0.15) is 5.10 Å². The highest BCUT2D eigenvalue weighted by Crippen LogP contribution is 2.41. The largest absolute Gasteiger partial charge is 0.388 e. The summed E-state index contributed by atoms with van der Waals surface area (Å²) in [5.74, 6) is 0.606. The molecule has 1 aliphatic carbocycles. The predicted molar refractivity (Wildman–Crippen MR) is 95.8 cm³/mol. The summed E-state index contributed by atoms with van der Waals surface area (Å²) in [6.07, 6.45) is 3.90. The molecule has 1 saturated carbocycles. The van der Waals surface area contributed by atoms with Crippen LogP contribution < -0.4 is 5.32 Å². The van der Waals surface area contributed by atoms with E-state index in [9.17, 15) is 9.90 Å². The van der Waals surface area contributed by atoms with Gasteiger partial charge in [0.25, 0.3) is 0 Å². The van der Waals surface area contributed by atoms with E-state index in [-0.39, 0.29) is 5.91 Å². The summed E-state index contributed by atoms with van der Waals surface area (Å²) in [5.41, 5.74) is 2.44. The molecule has 1 aliphatic rings. The SMILES string of the molecule is Cc1nn(C)c(C)c1CC(=O)NCC1(O)CCC(C(C)(C)C)CC1. The number of aromatic nitrogens is 2. The molecule has 0 atom stereocenters.